The molecule has 1 aromatic rings. The number of carbonyl (C=O) groups is 1. The molecule has 0 saturated heterocycles. The third-order valence-electron chi connectivity index (χ3n) is 1.70. The standard InChI is InChI=1S/C10H12O4/c1-2-14-10(13)9(12)7-4-3-5-8(11)6-7/h3-6,9,11-12H,2H2,1H3/t9-/m0/s1. The molecule has 76 valence electrons. The van der Waals surface area contributed by atoms with Gasteiger partial charge in [0.05, 0.1) is 6.61 Å². The smallest absolute Gasteiger partial charge is 0.339 e. The van der Waals surface area contributed by atoms with Gasteiger partial charge in [-0.15, -0.1) is 0 Å². The van der Waals surface area contributed by atoms with Crippen LogP contribution in [0.5, 0.6) is 5.75 Å². The third kappa shape index (κ3) is 2.47. The number of carbonyl (C=O) groups excluding carboxylic acids is 1. The number of rotatable bonds is 3. The quantitative estimate of drug-likeness (QED) is 0.707. The lowest BCUT2D eigenvalue weighted by Gasteiger charge is -2.09. The van der Waals surface area contributed by atoms with Crippen LogP contribution < -0.4 is 0 Å². The van der Waals surface area contributed by atoms with E-state index < -0.39 is 12.1 Å². The zero-order valence-electron chi connectivity index (χ0n) is 7.80. The average molecular weight is 196 g/mol. The first kappa shape index (κ1) is 10.5. The van der Waals surface area contributed by atoms with E-state index >= 15 is 0 Å². The van der Waals surface area contributed by atoms with Crippen LogP contribution in [-0.2, 0) is 9.53 Å². The molecule has 4 heteroatoms. The molecule has 0 aliphatic carbocycles. The van der Waals surface area contributed by atoms with Crippen molar-refractivity contribution in [1.82, 2.24) is 0 Å². The van der Waals surface area contributed by atoms with E-state index in [1.54, 1.807) is 19.1 Å². The van der Waals surface area contributed by atoms with Gasteiger partial charge in [0, 0.05) is 0 Å². The van der Waals surface area contributed by atoms with Crippen LogP contribution in [0.4, 0.5) is 0 Å². The maximum absolute atomic E-state index is 11.1. The van der Waals surface area contributed by atoms with Gasteiger partial charge in [-0.2, -0.15) is 0 Å². The van der Waals surface area contributed by atoms with Crippen LogP contribution in [0, 0.1) is 0 Å². The summed E-state index contributed by atoms with van der Waals surface area (Å²) in [6.07, 6.45) is -1.33. The zero-order valence-corrected chi connectivity index (χ0v) is 7.80. The fourth-order valence-corrected chi connectivity index (χ4v) is 1.05. The maximum atomic E-state index is 11.1. The second kappa shape index (κ2) is 4.62. The molecule has 0 amide bonds. The van der Waals surface area contributed by atoms with Gasteiger partial charge in [0.2, 0.25) is 0 Å². The van der Waals surface area contributed by atoms with E-state index in [1.807, 2.05) is 0 Å². The topological polar surface area (TPSA) is 66.8 Å². The van der Waals surface area contributed by atoms with Crippen molar-refractivity contribution in [2.24, 2.45) is 0 Å². The molecule has 0 bridgehead atoms. The summed E-state index contributed by atoms with van der Waals surface area (Å²) < 4.78 is 4.63. The molecule has 2 N–H and O–H groups in total. The monoisotopic (exact) mass is 196 g/mol. The van der Waals surface area contributed by atoms with Crippen LogP contribution in [-0.4, -0.2) is 22.8 Å². The Morgan fingerprint density at radius 3 is 2.86 bits per heavy atom. The molecule has 4 nitrogen and oxygen atoms in total. The molecule has 0 aliphatic heterocycles. The number of hydrogen-bond acceptors (Lipinski definition) is 4. The summed E-state index contributed by atoms with van der Waals surface area (Å²) >= 11 is 0. The van der Waals surface area contributed by atoms with Crippen LogP contribution in [0.25, 0.3) is 0 Å². The minimum absolute atomic E-state index is 0.00542. The Kier molecular flexibility index (Phi) is 3.48. The van der Waals surface area contributed by atoms with Crippen molar-refractivity contribution in [3.8, 4) is 5.75 Å². The van der Waals surface area contributed by atoms with Gasteiger partial charge in [-0.3, -0.25) is 0 Å². The predicted molar refractivity (Wildman–Crippen MR) is 49.7 cm³/mol. The average Bonchev–Trinajstić information content (AvgIpc) is 2.17. The molecule has 0 aliphatic rings. The van der Waals surface area contributed by atoms with E-state index in [1.165, 1.54) is 12.1 Å². The minimum atomic E-state index is -1.33. The van der Waals surface area contributed by atoms with Gasteiger partial charge in [-0.25, -0.2) is 4.79 Å². The molecule has 0 fully saturated rings. The lowest BCUT2D eigenvalue weighted by atomic mass is 10.1. The van der Waals surface area contributed by atoms with Gasteiger partial charge in [-0.05, 0) is 24.6 Å². The van der Waals surface area contributed by atoms with Crippen LogP contribution in [0.3, 0.4) is 0 Å². The molecular weight excluding hydrogens is 184 g/mol. The van der Waals surface area contributed by atoms with Gasteiger partial charge in [0.1, 0.15) is 5.75 Å². The van der Waals surface area contributed by atoms with Gasteiger partial charge >= 0.3 is 5.97 Å². The second-order valence-corrected chi connectivity index (χ2v) is 2.75. The summed E-state index contributed by atoms with van der Waals surface area (Å²) in [5.74, 6) is -0.705. The van der Waals surface area contributed by atoms with E-state index in [2.05, 4.69) is 4.74 Å². The number of phenolic OH excluding ortho intramolecular Hbond substituents is 1. The molecule has 0 saturated carbocycles. The molecule has 1 aromatic carbocycles. The molecule has 1 atom stereocenters. The zero-order chi connectivity index (χ0) is 10.6. The summed E-state index contributed by atoms with van der Waals surface area (Å²) in [6, 6.07) is 5.87. The van der Waals surface area contributed by atoms with E-state index in [-0.39, 0.29) is 12.4 Å². The first-order valence-corrected chi connectivity index (χ1v) is 4.28. The maximum Gasteiger partial charge on any atom is 0.339 e. The van der Waals surface area contributed by atoms with E-state index in [4.69, 9.17) is 5.11 Å². The number of phenols is 1. The molecule has 14 heavy (non-hydrogen) atoms. The van der Waals surface area contributed by atoms with Crippen molar-refractivity contribution >= 4 is 5.97 Å². The number of benzene rings is 1. The van der Waals surface area contributed by atoms with E-state index in [0.29, 0.717) is 5.56 Å². The normalized spacial score (nSPS) is 12.1. The van der Waals surface area contributed by atoms with Gasteiger partial charge in [-0.1, -0.05) is 12.1 Å². The van der Waals surface area contributed by atoms with Crippen molar-refractivity contribution in [2.45, 2.75) is 13.0 Å². The van der Waals surface area contributed by atoms with E-state index in [0.717, 1.165) is 0 Å². The van der Waals surface area contributed by atoms with Crippen LogP contribution in [0.1, 0.15) is 18.6 Å². The number of aromatic hydroxyl groups is 1. The molecule has 1 rings (SSSR count). The number of ether oxygens (including phenoxy) is 1. The fourth-order valence-electron chi connectivity index (χ4n) is 1.05. The van der Waals surface area contributed by atoms with Gasteiger partial charge in [0.25, 0.3) is 0 Å². The number of aliphatic hydroxyl groups excluding tert-OH is 1. The number of hydrogen-bond donors (Lipinski definition) is 2. The first-order valence-electron chi connectivity index (χ1n) is 4.28. The Morgan fingerprint density at radius 2 is 2.29 bits per heavy atom. The minimum Gasteiger partial charge on any atom is -0.508 e. The van der Waals surface area contributed by atoms with Crippen molar-refractivity contribution in [3.63, 3.8) is 0 Å². The summed E-state index contributed by atoms with van der Waals surface area (Å²) in [7, 11) is 0. The van der Waals surface area contributed by atoms with Gasteiger partial charge < -0.3 is 14.9 Å². The Balaban J connectivity index is 2.78. The summed E-state index contributed by atoms with van der Waals surface area (Å²) in [5.41, 5.74) is 0.323. The fraction of sp³-hybridized carbons (Fsp3) is 0.300. The first-order chi connectivity index (χ1) is 6.65. The number of esters is 1. The summed E-state index contributed by atoms with van der Waals surface area (Å²) in [6.45, 7) is 1.88. The number of aliphatic hydroxyl groups is 1. The lowest BCUT2D eigenvalue weighted by Crippen LogP contribution is -2.15. The lowest BCUT2D eigenvalue weighted by molar-refractivity contribution is -0.153. The summed E-state index contributed by atoms with van der Waals surface area (Å²) in [4.78, 5) is 11.1. The van der Waals surface area contributed by atoms with Crippen LogP contribution in [0.15, 0.2) is 24.3 Å². The highest BCUT2D eigenvalue weighted by atomic mass is 16.5. The molecule has 0 unspecified atom stereocenters. The third-order valence-corrected chi connectivity index (χ3v) is 1.70. The predicted octanol–water partition coefficient (Wildman–Crippen LogP) is 0.989. The highest BCUT2D eigenvalue weighted by molar-refractivity contribution is 5.76. The molecule has 0 spiro atoms. The summed E-state index contributed by atoms with van der Waals surface area (Å²) in [5, 5.41) is 18.6. The van der Waals surface area contributed by atoms with E-state index in [9.17, 15) is 9.90 Å². The molecule has 0 radical (unpaired) electrons. The highest BCUT2D eigenvalue weighted by Gasteiger charge is 2.18. The van der Waals surface area contributed by atoms with Crippen molar-refractivity contribution in [3.05, 3.63) is 29.8 Å². The Labute approximate surface area is 81.8 Å². The molecular formula is C10H12O4. The van der Waals surface area contributed by atoms with Crippen molar-refractivity contribution < 1.29 is 19.7 Å². The van der Waals surface area contributed by atoms with Gasteiger partial charge in [0.15, 0.2) is 6.10 Å². The Hall–Kier alpha value is -1.55. The van der Waals surface area contributed by atoms with Crippen molar-refractivity contribution in [1.29, 1.82) is 0 Å². The second-order valence-electron chi connectivity index (χ2n) is 2.75. The van der Waals surface area contributed by atoms with Crippen LogP contribution in [0.2, 0.25) is 0 Å². The molecule has 0 heterocycles. The SMILES string of the molecule is CCOC(=O)[C@@H](O)c1cccc(O)c1. The molecule has 0 aromatic heterocycles. The van der Waals surface area contributed by atoms with Crippen molar-refractivity contribution in [2.75, 3.05) is 6.61 Å². The Morgan fingerprint density at radius 1 is 1.57 bits per heavy atom. The highest BCUT2D eigenvalue weighted by Crippen LogP contribution is 2.18. The largest absolute Gasteiger partial charge is 0.508 e. The van der Waals surface area contributed by atoms with Crippen LogP contribution >= 0.6 is 0 Å². The Bertz CT molecular complexity index is 322.